The number of hydrogen-bond donors (Lipinski definition) is 1. The van der Waals surface area contributed by atoms with E-state index in [0.29, 0.717) is 13.1 Å². The maximum atomic E-state index is 12.6. The summed E-state index contributed by atoms with van der Waals surface area (Å²) in [5.41, 5.74) is -1.03. The van der Waals surface area contributed by atoms with E-state index in [9.17, 15) is 14.4 Å². The number of carbonyl (C=O) groups excluding carboxylic acids is 1. The molecule has 1 aliphatic rings. The van der Waals surface area contributed by atoms with Gasteiger partial charge < -0.3 is 4.90 Å². The summed E-state index contributed by atoms with van der Waals surface area (Å²) in [6.07, 6.45) is 7.91. The van der Waals surface area contributed by atoms with Crippen LogP contribution in [-0.4, -0.2) is 42.7 Å². The van der Waals surface area contributed by atoms with Crippen LogP contribution in [0.1, 0.15) is 19.3 Å². The van der Waals surface area contributed by atoms with Crippen LogP contribution in [0.4, 0.5) is 0 Å². The summed E-state index contributed by atoms with van der Waals surface area (Å²) in [5, 5.41) is 4.20. The lowest BCUT2D eigenvalue weighted by atomic mass is 10.0. The molecule has 1 N–H and O–H groups in total. The molecule has 0 aromatic carbocycles. The number of rotatable bonds is 4. The average Bonchev–Trinajstić information content (AvgIpc) is 3.03. The van der Waals surface area contributed by atoms with E-state index in [4.69, 9.17) is 0 Å². The second kappa shape index (κ2) is 6.64. The van der Waals surface area contributed by atoms with E-state index in [0.717, 1.165) is 19.3 Å². The van der Waals surface area contributed by atoms with Crippen molar-refractivity contribution in [1.82, 2.24) is 24.2 Å². The predicted octanol–water partition coefficient (Wildman–Crippen LogP) is -0.186. The van der Waals surface area contributed by atoms with Gasteiger partial charge in [-0.3, -0.25) is 23.8 Å². The van der Waals surface area contributed by atoms with E-state index in [1.165, 1.54) is 16.8 Å². The molecular formula is C15H19N5O3. The Bertz CT molecular complexity index is 777. The van der Waals surface area contributed by atoms with Crippen LogP contribution in [0.15, 0.2) is 40.3 Å². The minimum absolute atomic E-state index is 0.0643. The normalized spacial score (nSPS) is 18.1. The Morgan fingerprint density at radius 2 is 2.17 bits per heavy atom. The lowest BCUT2D eigenvalue weighted by molar-refractivity contribution is -0.136. The Morgan fingerprint density at radius 3 is 2.91 bits per heavy atom. The molecule has 1 saturated heterocycles. The Hall–Kier alpha value is -2.64. The lowest BCUT2D eigenvalue weighted by Gasteiger charge is -2.35. The number of aromatic nitrogens is 4. The third-order valence-electron chi connectivity index (χ3n) is 4.11. The van der Waals surface area contributed by atoms with Gasteiger partial charge in [0.2, 0.25) is 5.91 Å². The van der Waals surface area contributed by atoms with Crippen LogP contribution in [0, 0.1) is 0 Å². The summed E-state index contributed by atoms with van der Waals surface area (Å²) in [7, 11) is 0. The van der Waals surface area contributed by atoms with Gasteiger partial charge in [0.1, 0.15) is 6.54 Å². The third kappa shape index (κ3) is 3.58. The molecule has 1 aliphatic heterocycles. The molecule has 0 aliphatic carbocycles. The van der Waals surface area contributed by atoms with Crippen molar-refractivity contribution in [2.75, 3.05) is 6.54 Å². The van der Waals surface area contributed by atoms with E-state index in [2.05, 4.69) is 10.1 Å². The Morgan fingerprint density at radius 1 is 1.30 bits per heavy atom. The van der Waals surface area contributed by atoms with Crippen molar-refractivity contribution in [3.05, 3.63) is 51.6 Å². The first-order valence-corrected chi connectivity index (χ1v) is 7.70. The lowest BCUT2D eigenvalue weighted by Crippen LogP contribution is -2.48. The summed E-state index contributed by atoms with van der Waals surface area (Å²) in [4.78, 5) is 39.4. The van der Waals surface area contributed by atoms with E-state index in [1.807, 2.05) is 21.8 Å². The first kappa shape index (κ1) is 15.3. The number of likely N-dealkylation sites (tertiary alicyclic amines) is 1. The third-order valence-corrected chi connectivity index (χ3v) is 4.11. The largest absolute Gasteiger partial charge is 0.336 e. The monoisotopic (exact) mass is 317 g/mol. The zero-order valence-electron chi connectivity index (χ0n) is 12.7. The standard InChI is InChI=1S/C15H19N5O3/c21-13-5-9-18(15(23)17-13)11-14(22)20-8-2-1-4-12(20)10-19-7-3-6-16-19/h3,5-7,9,12H,1-2,4,8,10-11H2,(H,17,21,23)/t12-/m0/s1. The van der Waals surface area contributed by atoms with Gasteiger partial charge in [0, 0.05) is 31.2 Å². The summed E-state index contributed by atoms with van der Waals surface area (Å²) in [6.45, 7) is 1.27. The van der Waals surface area contributed by atoms with Crippen molar-refractivity contribution in [3.8, 4) is 0 Å². The molecular weight excluding hydrogens is 298 g/mol. The van der Waals surface area contributed by atoms with E-state index >= 15 is 0 Å². The molecule has 23 heavy (non-hydrogen) atoms. The maximum Gasteiger partial charge on any atom is 0.328 e. The van der Waals surface area contributed by atoms with Crippen molar-refractivity contribution in [2.24, 2.45) is 0 Å². The molecule has 2 aromatic heterocycles. The molecule has 0 bridgehead atoms. The number of nitrogens with one attached hydrogen (secondary N) is 1. The quantitative estimate of drug-likeness (QED) is 0.846. The molecule has 1 amide bonds. The molecule has 8 heteroatoms. The predicted molar refractivity (Wildman–Crippen MR) is 82.9 cm³/mol. The fourth-order valence-electron chi connectivity index (χ4n) is 2.95. The molecule has 1 fully saturated rings. The van der Waals surface area contributed by atoms with Crippen LogP contribution in [0.2, 0.25) is 0 Å². The molecule has 3 rings (SSSR count). The minimum Gasteiger partial charge on any atom is -0.336 e. The van der Waals surface area contributed by atoms with Crippen LogP contribution in [0.25, 0.3) is 0 Å². The van der Waals surface area contributed by atoms with Gasteiger partial charge >= 0.3 is 5.69 Å². The van der Waals surface area contributed by atoms with Gasteiger partial charge in [-0.15, -0.1) is 0 Å². The Labute approximate surface area is 132 Å². The Kier molecular flexibility index (Phi) is 4.40. The van der Waals surface area contributed by atoms with Gasteiger partial charge in [-0.05, 0) is 25.3 Å². The van der Waals surface area contributed by atoms with Gasteiger partial charge in [0.25, 0.3) is 5.56 Å². The molecule has 3 heterocycles. The maximum absolute atomic E-state index is 12.6. The first-order chi connectivity index (χ1) is 11.1. The molecule has 0 radical (unpaired) electrons. The average molecular weight is 317 g/mol. The van der Waals surface area contributed by atoms with Gasteiger partial charge in [-0.2, -0.15) is 5.10 Å². The zero-order valence-corrected chi connectivity index (χ0v) is 12.7. The highest BCUT2D eigenvalue weighted by atomic mass is 16.2. The SMILES string of the molecule is O=C(Cn1ccc(=O)[nH]c1=O)N1CCCC[C@H]1Cn1cccn1. The van der Waals surface area contributed by atoms with E-state index < -0.39 is 11.2 Å². The number of nitrogens with zero attached hydrogens (tertiary/aromatic N) is 4. The van der Waals surface area contributed by atoms with Crippen LogP contribution in [-0.2, 0) is 17.9 Å². The molecule has 122 valence electrons. The van der Waals surface area contributed by atoms with Crippen LogP contribution >= 0.6 is 0 Å². The summed E-state index contributed by atoms with van der Waals surface area (Å²) < 4.78 is 3.05. The summed E-state index contributed by atoms with van der Waals surface area (Å²) in [5.74, 6) is -0.115. The highest BCUT2D eigenvalue weighted by Gasteiger charge is 2.27. The van der Waals surface area contributed by atoms with Gasteiger partial charge in [0.15, 0.2) is 0 Å². The fraction of sp³-hybridized carbons (Fsp3) is 0.467. The molecule has 0 spiro atoms. The van der Waals surface area contributed by atoms with Crippen molar-refractivity contribution >= 4 is 5.91 Å². The number of piperidine rings is 1. The smallest absolute Gasteiger partial charge is 0.328 e. The molecule has 1 atom stereocenters. The molecule has 0 unspecified atom stereocenters. The highest BCUT2D eigenvalue weighted by molar-refractivity contribution is 5.76. The second-order valence-electron chi connectivity index (χ2n) is 5.70. The van der Waals surface area contributed by atoms with E-state index in [1.54, 1.807) is 6.20 Å². The Balaban J connectivity index is 1.73. The number of amides is 1. The molecule has 8 nitrogen and oxygen atoms in total. The minimum atomic E-state index is -0.563. The van der Waals surface area contributed by atoms with Crippen LogP contribution in [0.5, 0.6) is 0 Å². The van der Waals surface area contributed by atoms with Crippen molar-refractivity contribution in [3.63, 3.8) is 0 Å². The van der Waals surface area contributed by atoms with Gasteiger partial charge in [-0.25, -0.2) is 4.79 Å². The van der Waals surface area contributed by atoms with Crippen molar-refractivity contribution < 1.29 is 4.79 Å². The number of carbonyl (C=O) groups is 1. The summed E-state index contributed by atoms with van der Waals surface area (Å²) in [6, 6.07) is 3.18. The van der Waals surface area contributed by atoms with Crippen LogP contribution < -0.4 is 11.2 Å². The van der Waals surface area contributed by atoms with Gasteiger partial charge in [-0.1, -0.05) is 0 Å². The first-order valence-electron chi connectivity index (χ1n) is 7.70. The zero-order chi connectivity index (χ0) is 16.2. The number of H-pyrrole nitrogens is 1. The fourth-order valence-corrected chi connectivity index (χ4v) is 2.95. The number of hydrogen-bond acceptors (Lipinski definition) is 4. The van der Waals surface area contributed by atoms with E-state index in [-0.39, 0.29) is 18.5 Å². The number of aromatic amines is 1. The molecule has 2 aromatic rings. The second-order valence-corrected chi connectivity index (χ2v) is 5.70. The molecule has 0 saturated carbocycles. The van der Waals surface area contributed by atoms with Crippen LogP contribution in [0.3, 0.4) is 0 Å². The van der Waals surface area contributed by atoms with Crippen molar-refractivity contribution in [2.45, 2.75) is 38.4 Å². The summed E-state index contributed by atoms with van der Waals surface area (Å²) >= 11 is 0. The highest BCUT2D eigenvalue weighted by Crippen LogP contribution is 2.18. The van der Waals surface area contributed by atoms with Gasteiger partial charge in [0.05, 0.1) is 12.6 Å². The van der Waals surface area contributed by atoms with Crippen molar-refractivity contribution in [1.29, 1.82) is 0 Å². The topological polar surface area (TPSA) is 93.0 Å².